The van der Waals surface area contributed by atoms with Gasteiger partial charge in [0.15, 0.2) is 5.96 Å². The molecule has 6 heteroatoms. The van der Waals surface area contributed by atoms with Crippen LogP contribution in [0.1, 0.15) is 38.3 Å². The second-order valence-corrected chi connectivity index (χ2v) is 7.00. The lowest BCUT2D eigenvalue weighted by atomic mass is 10.1. The minimum Gasteiger partial charge on any atom is -0.381 e. The fourth-order valence-electron chi connectivity index (χ4n) is 2.40. The van der Waals surface area contributed by atoms with E-state index in [1.54, 1.807) is 0 Å². The normalized spacial score (nSPS) is 11.6. The molecule has 0 spiro atoms. The van der Waals surface area contributed by atoms with Gasteiger partial charge in [-0.15, -0.1) is 24.0 Å². The summed E-state index contributed by atoms with van der Waals surface area (Å²) >= 11 is 0. The summed E-state index contributed by atoms with van der Waals surface area (Å²) in [6.07, 6.45) is 0.982. The van der Waals surface area contributed by atoms with Crippen LogP contribution in [0.25, 0.3) is 0 Å². The van der Waals surface area contributed by atoms with Crippen LogP contribution >= 0.6 is 24.0 Å². The van der Waals surface area contributed by atoms with E-state index in [9.17, 15) is 0 Å². The molecule has 1 rings (SSSR count). The average molecular weight is 476 g/mol. The van der Waals surface area contributed by atoms with E-state index in [4.69, 9.17) is 9.73 Å². The van der Waals surface area contributed by atoms with Gasteiger partial charge in [0.25, 0.3) is 0 Å². The molecule has 1 aromatic carbocycles. The molecule has 0 radical (unpaired) electrons. The lowest BCUT2D eigenvalue weighted by Crippen LogP contribution is -2.38. The van der Waals surface area contributed by atoms with Gasteiger partial charge in [0.05, 0.1) is 6.54 Å². The third-order valence-corrected chi connectivity index (χ3v) is 3.46. The number of nitrogens with zero attached hydrogens (tertiary/aromatic N) is 2. The first-order valence-corrected chi connectivity index (χ1v) is 9.33. The third-order valence-electron chi connectivity index (χ3n) is 3.46. The van der Waals surface area contributed by atoms with Crippen molar-refractivity contribution in [3.8, 4) is 0 Å². The van der Waals surface area contributed by atoms with E-state index in [1.807, 2.05) is 0 Å². The quantitative estimate of drug-likeness (QED) is 0.222. The van der Waals surface area contributed by atoms with E-state index in [1.165, 1.54) is 11.1 Å². The number of aliphatic imine (C=N–C) groups is 1. The second kappa shape index (κ2) is 15.2. The van der Waals surface area contributed by atoms with Gasteiger partial charge < -0.3 is 20.3 Å². The zero-order chi connectivity index (χ0) is 18.5. The van der Waals surface area contributed by atoms with Gasteiger partial charge in [0, 0.05) is 32.8 Å². The smallest absolute Gasteiger partial charge is 0.191 e. The minimum atomic E-state index is 0. The fourth-order valence-corrected chi connectivity index (χ4v) is 2.40. The predicted octanol–water partition coefficient (Wildman–Crippen LogP) is 3.48. The summed E-state index contributed by atoms with van der Waals surface area (Å²) in [4.78, 5) is 6.87. The number of benzene rings is 1. The zero-order valence-corrected chi connectivity index (χ0v) is 19.4. The molecule has 26 heavy (non-hydrogen) atoms. The van der Waals surface area contributed by atoms with E-state index in [2.05, 4.69) is 74.7 Å². The van der Waals surface area contributed by atoms with Gasteiger partial charge in [0.1, 0.15) is 0 Å². The highest BCUT2D eigenvalue weighted by Gasteiger charge is 2.00. The van der Waals surface area contributed by atoms with Crippen molar-refractivity contribution in [1.29, 1.82) is 0 Å². The summed E-state index contributed by atoms with van der Waals surface area (Å²) in [6, 6.07) is 8.63. The molecule has 0 amide bonds. The van der Waals surface area contributed by atoms with E-state index in [0.29, 0.717) is 12.5 Å². The Balaban J connectivity index is 0.00000625. The van der Waals surface area contributed by atoms with Crippen LogP contribution in [0.3, 0.4) is 0 Å². The Morgan fingerprint density at radius 1 is 1.19 bits per heavy atom. The molecule has 0 aliphatic carbocycles. The summed E-state index contributed by atoms with van der Waals surface area (Å²) in [5.41, 5.74) is 2.55. The second-order valence-electron chi connectivity index (χ2n) is 7.00. The zero-order valence-electron chi connectivity index (χ0n) is 17.0. The molecular formula is C20H37IN4O. The maximum absolute atomic E-state index is 5.61. The van der Waals surface area contributed by atoms with Crippen molar-refractivity contribution < 1.29 is 4.74 Å². The lowest BCUT2D eigenvalue weighted by molar-refractivity contribution is 0.108. The van der Waals surface area contributed by atoms with Crippen LogP contribution in [0, 0.1) is 5.92 Å². The Hall–Kier alpha value is -0.860. The number of rotatable bonds is 11. The Labute approximate surface area is 177 Å². The van der Waals surface area contributed by atoms with Crippen molar-refractivity contribution >= 4 is 29.9 Å². The molecule has 0 atom stereocenters. The molecule has 150 valence electrons. The molecule has 0 aliphatic rings. The molecule has 0 saturated heterocycles. The van der Waals surface area contributed by atoms with Gasteiger partial charge in [0.2, 0.25) is 0 Å². The van der Waals surface area contributed by atoms with Crippen LogP contribution in [0.15, 0.2) is 29.3 Å². The van der Waals surface area contributed by atoms with Gasteiger partial charge >= 0.3 is 0 Å². The molecular weight excluding hydrogens is 439 g/mol. The minimum absolute atomic E-state index is 0. The highest BCUT2D eigenvalue weighted by atomic mass is 127. The molecule has 0 aromatic heterocycles. The third kappa shape index (κ3) is 12.5. The number of guanidine groups is 1. The summed E-state index contributed by atoms with van der Waals surface area (Å²) in [7, 11) is 4.17. The Morgan fingerprint density at radius 2 is 1.92 bits per heavy atom. The summed E-state index contributed by atoms with van der Waals surface area (Å²) < 4.78 is 5.61. The molecule has 5 nitrogen and oxygen atoms in total. The maximum atomic E-state index is 5.61. The van der Waals surface area contributed by atoms with Crippen molar-refractivity contribution in [2.45, 2.75) is 40.3 Å². The summed E-state index contributed by atoms with van der Waals surface area (Å²) in [6.45, 7) is 11.4. The molecule has 2 N–H and O–H groups in total. The van der Waals surface area contributed by atoms with Gasteiger partial charge in [-0.05, 0) is 44.5 Å². The Morgan fingerprint density at radius 3 is 2.58 bits per heavy atom. The van der Waals surface area contributed by atoms with E-state index in [-0.39, 0.29) is 24.0 Å². The molecule has 0 bridgehead atoms. The van der Waals surface area contributed by atoms with Gasteiger partial charge in [-0.1, -0.05) is 38.1 Å². The maximum Gasteiger partial charge on any atom is 0.191 e. The highest BCUT2D eigenvalue weighted by molar-refractivity contribution is 14.0. The number of hydrogen-bond acceptors (Lipinski definition) is 3. The van der Waals surface area contributed by atoms with Crippen molar-refractivity contribution in [3.63, 3.8) is 0 Å². The molecule has 0 saturated carbocycles. The van der Waals surface area contributed by atoms with E-state index < -0.39 is 0 Å². The van der Waals surface area contributed by atoms with Gasteiger partial charge in [-0.3, -0.25) is 0 Å². The van der Waals surface area contributed by atoms with Crippen LogP contribution in [0.4, 0.5) is 0 Å². The highest BCUT2D eigenvalue weighted by Crippen LogP contribution is 2.08. The molecule has 0 fully saturated rings. The number of ether oxygens (including phenoxy) is 1. The fraction of sp³-hybridized carbons (Fsp3) is 0.650. The monoisotopic (exact) mass is 476 g/mol. The molecule has 0 aliphatic heterocycles. The number of hydrogen-bond donors (Lipinski definition) is 2. The van der Waals surface area contributed by atoms with Crippen LogP contribution in [-0.2, 0) is 17.8 Å². The standard InChI is InChI=1S/C20H36N4O.HI/c1-6-21-20(22-11-8-12-25-16-17(2)3)23-14-18-9-7-10-19(13-18)15-24(4)5;/h7,9-10,13,17H,6,8,11-12,14-16H2,1-5H3,(H2,21,22,23);1H. The Kier molecular flexibility index (Phi) is 14.7. The summed E-state index contributed by atoms with van der Waals surface area (Å²) in [5.74, 6) is 1.46. The van der Waals surface area contributed by atoms with Crippen LogP contribution in [0.5, 0.6) is 0 Å². The van der Waals surface area contributed by atoms with E-state index >= 15 is 0 Å². The van der Waals surface area contributed by atoms with Crippen molar-refractivity contribution in [1.82, 2.24) is 15.5 Å². The van der Waals surface area contributed by atoms with Crippen LogP contribution < -0.4 is 10.6 Å². The van der Waals surface area contributed by atoms with Crippen LogP contribution in [-0.4, -0.2) is 51.3 Å². The van der Waals surface area contributed by atoms with Crippen molar-refractivity contribution in [2.24, 2.45) is 10.9 Å². The Bertz CT molecular complexity index is 506. The first kappa shape index (κ1) is 25.1. The number of halogens is 1. The lowest BCUT2D eigenvalue weighted by Gasteiger charge is -2.13. The molecule has 0 heterocycles. The first-order chi connectivity index (χ1) is 12.0. The average Bonchev–Trinajstić information content (AvgIpc) is 2.55. The van der Waals surface area contributed by atoms with Crippen molar-refractivity contribution in [3.05, 3.63) is 35.4 Å². The van der Waals surface area contributed by atoms with Gasteiger partial charge in [-0.2, -0.15) is 0 Å². The SMILES string of the molecule is CCNC(=NCc1cccc(CN(C)C)c1)NCCCOCC(C)C.I. The topological polar surface area (TPSA) is 48.9 Å². The predicted molar refractivity (Wildman–Crippen MR) is 122 cm³/mol. The number of nitrogens with one attached hydrogen (secondary N) is 2. The van der Waals surface area contributed by atoms with Crippen molar-refractivity contribution in [2.75, 3.05) is 40.4 Å². The largest absolute Gasteiger partial charge is 0.381 e. The first-order valence-electron chi connectivity index (χ1n) is 9.33. The summed E-state index contributed by atoms with van der Waals surface area (Å²) in [5, 5.41) is 6.68. The van der Waals surface area contributed by atoms with Gasteiger partial charge in [-0.25, -0.2) is 4.99 Å². The van der Waals surface area contributed by atoms with Crippen LogP contribution in [0.2, 0.25) is 0 Å². The molecule has 1 aromatic rings. The molecule has 0 unspecified atom stereocenters. The van der Waals surface area contributed by atoms with E-state index in [0.717, 1.165) is 45.2 Å².